The number of piperidine rings is 1. The van der Waals surface area contributed by atoms with Gasteiger partial charge in [-0.1, -0.05) is 12.2 Å². The van der Waals surface area contributed by atoms with E-state index in [0.29, 0.717) is 13.0 Å². The van der Waals surface area contributed by atoms with E-state index in [4.69, 9.17) is 14.6 Å². The molecule has 2 aromatic rings. The Morgan fingerprint density at radius 3 is 1.70 bits per heavy atom. The van der Waals surface area contributed by atoms with Crippen LogP contribution in [0.15, 0.2) is 70.6 Å². The molecular formula is C50H68F3N9O14. The molecule has 6 amide bonds. The van der Waals surface area contributed by atoms with Crippen LogP contribution in [0.5, 0.6) is 0 Å². The summed E-state index contributed by atoms with van der Waals surface area (Å²) in [6, 6.07) is 3.55. The topological polar surface area (TPSA) is 303 Å². The molecule has 4 heterocycles. The van der Waals surface area contributed by atoms with Crippen molar-refractivity contribution < 1.29 is 70.9 Å². The number of pyridine rings is 2. The van der Waals surface area contributed by atoms with E-state index >= 15 is 0 Å². The number of esters is 2. The van der Waals surface area contributed by atoms with Gasteiger partial charge >= 0.3 is 24.1 Å². The molecular weight excluding hydrogens is 1010 g/mol. The van der Waals surface area contributed by atoms with Gasteiger partial charge in [0.1, 0.15) is 36.5 Å². The summed E-state index contributed by atoms with van der Waals surface area (Å²) in [5, 5.41) is 21.5. The molecule has 2 saturated heterocycles. The lowest BCUT2D eigenvalue weighted by Crippen LogP contribution is -2.45. The lowest BCUT2D eigenvalue weighted by atomic mass is 9.96. The highest BCUT2D eigenvalue weighted by Crippen LogP contribution is 2.34. The molecule has 2 atom stereocenters. The van der Waals surface area contributed by atoms with Crippen LogP contribution in [0.4, 0.5) is 24.5 Å². The number of alkyl halides is 3. The van der Waals surface area contributed by atoms with E-state index in [0.717, 1.165) is 30.3 Å². The summed E-state index contributed by atoms with van der Waals surface area (Å²) in [4.78, 5) is 137. The van der Waals surface area contributed by atoms with Crippen molar-refractivity contribution in [2.45, 2.75) is 116 Å². The van der Waals surface area contributed by atoms with Gasteiger partial charge in [-0.3, -0.25) is 43.2 Å². The largest absolute Gasteiger partial charge is 0.481 e. The molecule has 6 N–H and O–H groups in total. The van der Waals surface area contributed by atoms with Crippen molar-refractivity contribution in [3.05, 3.63) is 81.7 Å². The second kappa shape index (κ2) is 32.6. The fourth-order valence-electron chi connectivity index (χ4n) is 7.76. The smallest absolute Gasteiger partial charge is 0.391 e. The van der Waals surface area contributed by atoms with Crippen LogP contribution >= 0.6 is 0 Å². The van der Waals surface area contributed by atoms with E-state index in [1.54, 1.807) is 26.0 Å². The van der Waals surface area contributed by atoms with Gasteiger partial charge in [0.2, 0.25) is 35.4 Å². The van der Waals surface area contributed by atoms with Crippen molar-refractivity contribution in [2.24, 2.45) is 5.92 Å². The number of nitrogens with zero attached hydrogens (tertiary/aromatic N) is 4. The van der Waals surface area contributed by atoms with E-state index in [2.05, 4.69) is 31.5 Å². The molecule has 4 rings (SSSR count). The van der Waals surface area contributed by atoms with Gasteiger partial charge in [-0.15, -0.1) is 0 Å². The van der Waals surface area contributed by atoms with Gasteiger partial charge in [0, 0.05) is 64.1 Å². The summed E-state index contributed by atoms with van der Waals surface area (Å²) >= 11 is 0. The molecule has 76 heavy (non-hydrogen) atoms. The van der Waals surface area contributed by atoms with Gasteiger partial charge in [0.25, 0.3) is 11.1 Å². The maximum absolute atomic E-state index is 13.0. The average molecular weight is 1080 g/mol. The summed E-state index contributed by atoms with van der Waals surface area (Å²) in [5.74, 6) is -7.10. The maximum atomic E-state index is 13.0. The zero-order chi connectivity index (χ0) is 56.2. The highest BCUT2D eigenvalue weighted by molar-refractivity contribution is 5.98. The first kappa shape index (κ1) is 62.7. The highest BCUT2D eigenvalue weighted by atomic mass is 19.4. The van der Waals surface area contributed by atoms with Gasteiger partial charge in [0.15, 0.2) is 0 Å². The van der Waals surface area contributed by atoms with Gasteiger partial charge in [-0.05, 0) is 103 Å². The first-order valence-electron chi connectivity index (χ1n) is 24.9. The Balaban J connectivity index is 0.000000405. The number of amides is 6. The molecule has 2 aliphatic heterocycles. The quantitative estimate of drug-likeness (QED) is 0.0582. The third kappa shape index (κ3) is 23.3. The lowest BCUT2D eigenvalue weighted by Gasteiger charge is -2.33. The second-order valence-electron chi connectivity index (χ2n) is 17.5. The van der Waals surface area contributed by atoms with Crippen LogP contribution in [-0.2, 0) is 65.7 Å². The van der Waals surface area contributed by atoms with Crippen LogP contribution in [0.2, 0.25) is 0 Å². The predicted molar refractivity (Wildman–Crippen MR) is 269 cm³/mol. The number of ether oxygens (including phenoxy) is 2. The number of halogens is 3. The molecule has 0 radical (unpaired) electrons. The number of carbonyl (C=O) groups excluding carboxylic acids is 8. The number of hydrogen-bond acceptors (Lipinski definition) is 14. The number of carboxylic acid groups (broad SMARTS) is 1. The van der Waals surface area contributed by atoms with Crippen molar-refractivity contribution >= 4 is 64.7 Å². The Labute approximate surface area is 436 Å². The zero-order valence-corrected chi connectivity index (χ0v) is 42.8. The van der Waals surface area contributed by atoms with Crippen LogP contribution in [0.1, 0.15) is 85.0 Å². The summed E-state index contributed by atoms with van der Waals surface area (Å²) < 4.78 is 50.5. The summed E-state index contributed by atoms with van der Waals surface area (Å²) in [6.07, 6.45) is 5.56. The summed E-state index contributed by atoms with van der Waals surface area (Å²) in [7, 11) is 0. The van der Waals surface area contributed by atoms with Crippen LogP contribution in [0.3, 0.4) is 0 Å². The Hall–Kier alpha value is -7.64. The van der Waals surface area contributed by atoms with E-state index in [1.165, 1.54) is 72.0 Å². The van der Waals surface area contributed by atoms with E-state index in [9.17, 15) is 65.9 Å². The number of allylic oxidation sites excluding steroid dienone is 2. The first-order chi connectivity index (χ1) is 36.1. The third-order valence-electron chi connectivity index (χ3n) is 11.7. The van der Waals surface area contributed by atoms with E-state index in [1.807, 2.05) is 0 Å². The fourth-order valence-corrected chi connectivity index (χ4v) is 7.76. The first-order valence-corrected chi connectivity index (χ1v) is 24.9. The molecule has 2 aliphatic rings. The average Bonchev–Trinajstić information content (AvgIpc) is 3.89. The number of nitrogens with one attached hydrogen (secondary N) is 5. The van der Waals surface area contributed by atoms with Crippen molar-refractivity contribution in [3.8, 4) is 0 Å². The number of carboxylic acids is 1. The molecule has 2 fully saturated rings. The van der Waals surface area contributed by atoms with Crippen molar-refractivity contribution in [1.29, 1.82) is 0 Å². The van der Waals surface area contributed by atoms with Crippen molar-refractivity contribution in [1.82, 2.24) is 34.9 Å². The molecule has 23 nitrogen and oxygen atoms in total. The van der Waals surface area contributed by atoms with Gasteiger partial charge in [-0.2, -0.15) is 13.2 Å². The number of aliphatic carboxylic acids is 1. The van der Waals surface area contributed by atoms with Crippen LogP contribution in [-0.4, -0.2) is 148 Å². The number of rotatable bonds is 26. The third-order valence-corrected chi connectivity index (χ3v) is 11.7. The Kier molecular flexibility index (Phi) is 26.9. The fraction of sp³-hybridized carbons (Fsp3) is 0.540. The number of likely N-dealkylation sites (tertiary alicyclic amines) is 2. The Morgan fingerprint density at radius 1 is 0.724 bits per heavy atom. The molecule has 2 aromatic heterocycles. The molecule has 0 aliphatic carbocycles. The summed E-state index contributed by atoms with van der Waals surface area (Å²) in [6.45, 7) is 7.59. The van der Waals surface area contributed by atoms with Crippen LogP contribution < -0.4 is 37.7 Å². The van der Waals surface area contributed by atoms with E-state index < -0.39 is 102 Å². The molecule has 0 spiro atoms. The molecule has 0 aromatic carbocycles. The summed E-state index contributed by atoms with van der Waals surface area (Å²) in [5.41, 5.74) is -1.50. The molecule has 0 bridgehead atoms. The predicted octanol–water partition coefficient (Wildman–Crippen LogP) is 2.24. The standard InChI is InChI=1S/C26H33F3N4O8.C24H35N5O6/c1-2-41-23(38)8-4-3-6-18(30-20(34)9-10-22(36)37)24(39)31-19-7-5-13-33(25(19)40)16-21(35)32-14-11-17(12-15-32)26(27,28)29;1-3-35-22(32)11-5-4-9-19(26-18(2)30)23(33)27-20-10-8-15-29(24(20)34)17-21(31)25-12-16-28-13-6-7-14-28/h4-5,7-8,13,17-18H,2-3,6,9-12,14-16H2,1H3,(H,30,34)(H,31,39)(H,36,37);5,8,10-11,15,19H,3-4,6-7,9,12-14,16-17H2,1-2H3,(H,25,31)(H,26,30)(H,27,33)/b8-4+;11-5+/t18-;19-/m00/s1. The van der Waals surface area contributed by atoms with E-state index in [-0.39, 0.29) is 82.2 Å². The number of anilines is 2. The lowest BCUT2D eigenvalue weighted by molar-refractivity contribution is -0.186. The zero-order valence-electron chi connectivity index (χ0n) is 42.8. The van der Waals surface area contributed by atoms with Crippen LogP contribution in [0, 0.1) is 5.92 Å². The molecule has 0 saturated carbocycles. The second-order valence-corrected chi connectivity index (χ2v) is 17.5. The SMILES string of the molecule is CCOC(=O)/C=C/CC[C@H](NC(=O)CCC(=O)O)C(=O)Nc1cccn(CC(=O)N2CCC(C(F)(F)F)CC2)c1=O.CCOC(=O)/C=C/CC[C@H](NC(C)=O)C(=O)Nc1cccn(CC(=O)NCCN2CCCC2)c1=O. The highest BCUT2D eigenvalue weighted by Gasteiger charge is 2.41. The molecule has 26 heteroatoms. The van der Waals surface area contributed by atoms with Gasteiger partial charge < -0.3 is 60.1 Å². The minimum atomic E-state index is -4.33. The molecule has 418 valence electrons. The van der Waals surface area contributed by atoms with Gasteiger partial charge in [0.05, 0.1) is 25.6 Å². The van der Waals surface area contributed by atoms with Crippen molar-refractivity contribution in [2.75, 3.05) is 63.1 Å². The minimum Gasteiger partial charge on any atom is -0.481 e. The number of carbonyl (C=O) groups is 9. The van der Waals surface area contributed by atoms with Gasteiger partial charge in [-0.25, -0.2) is 9.59 Å². The Bertz CT molecular complexity index is 2500. The molecule has 0 unspecified atom stereocenters. The van der Waals surface area contributed by atoms with Crippen LogP contribution in [0.25, 0.3) is 0 Å². The number of hydrogen-bond donors (Lipinski definition) is 6. The van der Waals surface area contributed by atoms with Crippen molar-refractivity contribution in [3.63, 3.8) is 0 Å². The monoisotopic (exact) mass is 1080 g/mol. The minimum absolute atomic E-state index is 0.000200. The number of aromatic nitrogens is 2. The normalized spacial score (nSPS) is 14.7. The Morgan fingerprint density at radius 2 is 1.22 bits per heavy atom. The maximum Gasteiger partial charge on any atom is 0.391 e.